The van der Waals surface area contributed by atoms with Crippen LogP contribution in [0.5, 0.6) is 0 Å². The highest BCUT2D eigenvalue weighted by Crippen LogP contribution is 2.26. The lowest BCUT2D eigenvalue weighted by molar-refractivity contribution is -0.131. The molecule has 2 rings (SSSR count). The lowest BCUT2D eigenvalue weighted by atomic mass is 10.1. The molecule has 1 fully saturated rings. The van der Waals surface area contributed by atoms with Crippen molar-refractivity contribution in [3.05, 3.63) is 24.3 Å². The summed E-state index contributed by atoms with van der Waals surface area (Å²) >= 11 is 0. The van der Waals surface area contributed by atoms with Crippen molar-refractivity contribution in [1.29, 1.82) is 0 Å². The second-order valence-corrected chi connectivity index (χ2v) is 8.86. The van der Waals surface area contributed by atoms with Crippen molar-refractivity contribution >= 4 is 27.5 Å². The predicted molar refractivity (Wildman–Crippen MR) is 95.5 cm³/mol. The van der Waals surface area contributed by atoms with Crippen LogP contribution in [0.25, 0.3) is 0 Å². The fraction of sp³-hybridized carbons (Fsp3) is 0.529. The van der Waals surface area contributed by atoms with Crippen molar-refractivity contribution in [2.75, 3.05) is 18.4 Å². The van der Waals surface area contributed by atoms with Gasteiger partial charge in [-0.1, -0.05) is 6.92 Å². The molecule has 1 aliphatic rings. The molecule has 0 radical (unpaired) electrons. The standard InChI is InChI=1S/C17H25N3O4S/c1-5-18-25(23,24)14-8-6-13(7-9-14)19-16(22)12-10-15(21)20(11-12)17(2,3)4/h6-9,12,18H,5,10-11H2,1-4H3,(H,19,22)/t12-/m0/s1. The highest BCUT2D eigenvalue weighted by Gasteiger charge is 2.39. The van der Waals surface area contributed by atoms with Crippen LogP contribution in [0, 0.1) is 5.92 Å². The first-order chi connectivity index (χ1) is 11.5. The van der Waals surface area contributed by atoms with Gasteiger partial charge in [0.1, 0.15) is 0 Å². The number of sulfonamides is 1. The molecule has 138 valence electrons. The van der Waals surface area contributed by atoms with E-state index in [4.69, 9.17) is 0 Å². The van der Waals surface area contributed by atoms with Crippen LogP contribution >= 0.6 is 0 Å². The Morgan fingerprint density at radius 3 is 2.32 bits per heavy atom. The molecule has 1 heterocycles. The first-order valence-corrected chi connectivity index (χ1v) is 9.74. The van der Waals surface area contributed by atoms with Crippen molar-refractivity contribution in [3.63, 3.8) is 0 Å². The number of carbonyl (C=O) groups excluding carboxylic acids is 2. The van der Waals surface area contributed by atoms with E-state index >= 15 is 0 Å². The molecule has 0 aliphatic carbocycles. The third kappa shape index (κ3) is 4.58. The van der Waals surface area contributed by atoms with Gasteiger partial charge in [-0.05, 0) is 45.0 Å². The molecule has 2 N–H and O–H groups in total. The van der Waals surface area contributed by atoms with Crippen LogP contribution in [0.1, 0.15) is 34.1 Å². The van der Waals surface area contributed by atoms with Gasteiger partial charge in [-0.2, -0.15) is 0 Å². The molecule has 1 aliphatic heterocycles. The molecule has 0 saturated carbocycles. The van der Waals surface area contributed by atoms with Crippen molar-refractivity contribution in [2.24, 2.45) is 5.92 Å². The number of rotatable bonds is 5. The van der Waals surface area contributed by atoms with E-state index in [1.165, 1.54) is 12.1 Å². The summed E-state index contributed by atoms with van der Waals surface area (Å²) < 4.78 is 26.2. The van der Waals surface area contributed by atoms with Crippen molar-refractivity contribution in [2.45, 2.75) is 44.6 Å². The Balaban J connectivity index is 2.03. The van der Waals surface area contributed by atoms with Gasteiger partial charge in [0.05, 0.1) is 10.8 Å². The molecule has 0 bridgehead atoms. The molecule has 1 aromatic carbocycles. The molecule has 0 unspecified atom stereocenters. The lowest BCUT2D eigenvalue weighted by Crippen LogP contribution is -2.42. The summed E-state index contributed by atoms with van der Waals surface area (Å²) in [6.45, 7) is 8.22. The summed E-state index contributed by atoms with van der Waals surface area (Å²) in [6.07, 6.45) is 0.190. The molecule has 0 spiro atoms. The van der Waals surface area contributed by atoms with Gasteiger partial charge in [0.2, 0.25) is 21.8 Å². The normalized spacial score (nSPS) is 18.5. The summed E-state index contributed by atoms with van der Waals surface area (Å²) in [5.74, 6) is -0.668. The number of benzene rings is 1. The van der Waals surface area contributed by atoms with Crippen LogP contribution in [0.2, 0.25) is 0 Å². The van der Waals surface area contributed by atoms with Gasteiger partial charge in [-0.3, -0.25) is 9.59 Å². The SMILES string of the molecule is CCNS(=O)(=O)c1ccc(NC(=O)[C@H]2CC(=O)N(C(C)(C)C)C2)cc1. The summed E-state index contributed by atoms with van der Waals surface area (Å²) in [5.41, 5.74) is 0.191. The van der Waals surface area contributed by atoms with Crippen LogP contribution < -0.4 is 10.0 Å². The molecule has 0 aromatic heterocycles. The number of amides is 2. The molecule has 1 saturated heterocycles. The van der Waals surface area contributed by atoms with Gasteiger partial charge in [-0.15, -0.1) is 0 Å². The molecular formula is C17H25N3O4S. The number of hydrogen-bond donors (Lipinski definition) is 2. The van der Waals surface area contributed by atoms with Gasteiger partial charge < -0.3 is 10.2 Å². The van der Waals surface area contributed by atoms with E-state index < -0.39 is 15.9 Å². The average Bonchev–Trinajstić information content (AvgIpc) is 2.90. The van der Waals surface area contributed by atoms with E-state index in [1.807, 2.05) is 20.8 Å². The van der Waals surface area contributed by atoms with Crippen LogP contribution in [-0.4, -0.2) is 43.8 Å². The summed E-state index contributed by atoms with van der Waals surface area (Å²) in [6, 6.07) is 5.96. The van der Waals surface area contributed by atoms with Crippen molar-refractivity contribution < 1.29 is 18.0 Å². The van der Waals surface area contributed by atoms with E-state index in [0.717, 1.165) is 0 Å². The maximum atomic E-state index is 12.4. The Morgan fingerprint density at radius 1 is 1.24 bits per heavy atom. The zero-order valence-electron chi connectivity index (χ0n) is 15.0. The van der Waals surface area contributed by atoms with Gasteiger partial charge in [0.25, 0.3) is 0 Å². The van der Waals surface area contributed by atoms with Gasteiger partial charge in [0.15, 0.2) is 0 Å². The summed E-state index contributed by atoms with van der Waals surface area (Å²) in [4.78, 5) is 26.3. The maximum Gasteiger partial charge on any atom is 0.240 e. The van der Waals surface area contributed by atoms with Crippen LogP contribution in [0.4, 0.5) is 5.69 Å². The number of likely N-dealkylation sites (tertiary alicyclic amines) is 1. The van der Waals surface area contributed by atoms with E-state index in [1.54, 1.807) is 24.0 Å². The van der Waals surface area contributed by atoms with Gasteiger partial charge >= 0.3 is 0 Å². The van der Waals surface area contributed by atoms with E-state index in [9.17, 15) is 18.0 Å². The number of hydrogen-bond acceptors (Lipinski definition) is 4. The van der Waals surface area contributed by atoms with Gasteiger partial charge in [-0.25, -0.2) is 13.1 Å². The Kier molecular flexibility index (Phi) is 5.53. The minimum absolute atomic E-state index is 0.0280. The molecule has 2 amide bonds. The Labute approximate surface area is 148 Å². The quantitative estimate of drug-likeness (QED) is 0.826. The van der Waals surface area contributed by atoms with E-state index in [2.05, 4.69) is 10.0 Å². The minimum Gasteiger partial charge on any atom is -0.337 e. The molecular weight excluding hydrogens is 342 g/mol. The fourth-order valence-electron chi connectivity index (χ4n) is 2.77. The number of nitrogens with zero attached hydrogens (tertiary/aromatic N) is 1. The fourth-order valence-corrected chi connectivity index (χ4v) is 3.81. The van der Waals surface area contributed by atoms with Crippen molar-refractivity contribution in [3.8, 4) is 0 Å². The van der Waals surface area contributed by atoms with Crippen LogP contribution in [-0.2, 0) is 19.6 Å². The van der Waals surface area contributed by atoms with Crippen LogP contribution in [0.3, 0.4) is 0 Å². The molecule has 25 heavy (non-hydrogen) atoms. The zero-order chi connectivity index (χ0) is 18.8. The molecule has 7 nitrogen and oxygen atoms in total. The van der Waals surface area contributed by atoms with E-state index in [-0.39, 0.29) is 28.7 Å². The minimum atomic E-state index is -3.52. The summed E-state index contributed by atoms with van der Waals surface area (Å²) in [5, 5.41) is 2.75. The third-order valence-electron chi connectivity index (χ3n) is 4.07. The molecule has 1 aromatic rings. The topological polar surface area (TPSA) is 95.6 Å². The molecule has 1 atom stereocenters. The number of anilines is 1. The molecule has 8 heteroatoms. The highest BCUT2D eigenvalue weighted by molar-refractivity contribution is 7.89. The second kappa shape index (κ2) is 7.13. The second-order valence-electron chi connectivity index (χ2n) is 7.09. The largest absolute Gasteiger partial charge is 0.337 e. The van der Waals surface area contributed by atoms with Gasteiger partial charge in [0, 0.05) is 30.7 Å². The average molecular weight is 367 g/mol. The summed E-state index contributed by atoms with van der Waals surface area (Å²) in [7, 11) is -3.52. The lowest BCUT2D eigenvalue weighted by Gasteiger charge is -2.31. The monoisotopic (exact) mass is 367 g/mol. The van der Waals surface area contributed by atoms with Crippen molar-refractivity contribution in [1.82, 2.24) is 9.62 Å². The zero-order valence-corrected chi connectivity index (χ0v) is 15.8. The predicted octanol–water partition coefficient (Wildman–Crippen LogP) is 1.57. The number of nitrogens with one attached hydrogen (secondary N) is 2. The smallest absolute Gasteiger partial charge is 0.240 e. The Morgan fingerprint density at radius 2 is 1.84 bits per heavy atom. The maximum absolute atomic E-state index is 12.4. The Bertz CT molecular complexity index is 751. The Hall–Kier alpha value is -1.93. The first-order valence-electron chi connectivity index (χ1n) is 8.25. The number of carbonyl (C=O) groups is 2. The van der Waals surface area contributed by atoms with Crippen LogP contribution in [0.15, 0.2) is 29.2 Å². The third-order valence-corrected chi connectivity index (χ3v) is 5.63. The first kappa shape index (κ1) is 19.4. The highest BCUT2D eigenvalue weighted by atomic mass is 32.2. The van der Waals surface area contributed by atoms with E-state index in [0.29, 0.717) is 18.8 Å².